The minimum Gasteiger partial charge on any atom is -0.464 e. The molecule has 0 aromatic heterocycles. The molecule has 112 valence electrons. The van der Waals surface area contributed by atoms with Crippen LogP contribution in [-0.2, 0) is 23.8 Å². The van der Waals surface area contributed by atoms with Crippen LogP contribution in [0.2, 0.25) is 0 Å². The van der Waals surface area contributed by atoms with Crippen molar-refractivity contribution in [3.05, 3.63) is 12.0 Å². The molecular weight excluding hydrogens is 266 g/mol. The first-order valence-corrected chi connectivity index (χ1v) is 6.50. The third-order valence-corrected chi connectivity index (χ3v) is 2.60. The number of allylic oxidation sites excluding steroid dienone is 1. The maximum atomic E-state index is 11.9. The molecule has 0 unspecified atom stereocenters. The first-order valence-electron chi connectivity index (χ1n) is 6.50. The Kier molecular flexibility index (Phi) is 6.02. The number of nitrogens with zero attached hydrogens (tertiary/aromatic N) is 1. The van der Waals surface area contributed by atoms with Gasteiger partial charge in [0.1, 0.15) is 11.8 Å². The number of hydrogen-bond donors (Lipinski definition) is 0. The van der Waals surface area contributed by atoms with Gasteiger partial charge in [0.05, 0.1) is 13.2 Å². The molecule has 0 aromatic carbocycles. The van der Waals surface area contributed by atoms with Crippen LogP contribution >= 0.6 is 0 Å². The molecule has 0 N–H and O–H groups in total. The predicted molar refractivity (Wildman–Crippen MR) is 68.4 cm³/mol. The summed E-state index contributed by atoms with van der Waals surface area (Å²) < 4.78 is 14.8. The van der Waals surface area contributed by atoms with E-state index in [9.17, 15) is 14.4 Å². The van der Waals surface area contributed by atoms with Crippen molar-refractivity contribution >= 4 is 18.0 Å². The van der Waals surface area contributed by atoms with Crippen LogP contribution in [-0.4, -0.2) is 42.2 Å². The molecule has 1 aliphatic heterocycles. The van der Waals surface area contributed by atoms with Crippen LogP contribution < -0.4 is 0 Å². The van der Waals surface area contributed by atoms with Gasteiger partial charge in [-0.05, 0) is 20.3 Å². The van der Waals surface area contributed by atoms with Crippen molar-refractivity contribution in [2.45, 2.75) is 39.7 Å². The molecule has 0 radical (unpaired) electrons. The predicted octanol–water partition coefficient (Wildman–Crippen LogP) is 1.57. The van der Waals surface area contributed by atoms with Crippen molar-refractivity contribution < 1.29 is 28.6 Å². The number of carbonyl (C=O) groups excluding carboxylic acids is 3. The fourth-order valence-corrected chi connectivity index (χ4v) is 1.84. The monoisotopic (exact) mass is 285 g/mol. The van der Waals surface area contributed by atoms with Crippen molar-refractivity contribution in [3.8, 4) is 0 Å². The Morgan fingerprint density at radius 2 is 1.90 bits per heavy atom. The molecule has 1 heterocycles. The Hall–Kier alpha value is -2.05. The lowest BCUT2D eigenvalue weighted by Gasteiger charge is -2.30. The minimum absolute atomic E-state index is 0.182. The Labute approximate surface area is 117 Å². The SMILES string of the molecule is CCOC(=O)[C@@H]1CCC(OC(C)=O)=CN1C(=O)OCC. The second kappa shape index (κ2) is 7.52. The lowest BCUT2D eigenvalue weighted by molar-refractivity contribution is -0.148. The summed E-state index contributed by atoms with van der Waals surface area (Å²) in [5.41, 5.74) is 0. The van der Waals surface area contributed by atoms with Gasteiger partial charge in [0.2, 0.25) is 0 Å². The highest BCUT2D eigenvalue weighted by molar-refractivity contribution is 5.82. The summed E-state index contributed by atoms with van der Waals surface area (Å²) in [5.74, 6) is -0.653. The fourth-order valence-electron chi connectivity index (χ4n) is 1.84. The molecule has 0 saturated carbocycles. The van der Waals surface area contributed by atoms with E-state index in [0.29, 0.717) is 18.6 Å². The van der Waals surface area contributed by atoms with Gasteiger partial charge in [-0.2, -0.15) is 0 Å². The van der Waals surface area contributed by atoms with Crippen molar-refractivity contribution in [1.82, 2.24) is 4.90 Å². The average molecular weight is 285 g/mol. The molecule has 1 atom stereocenters. The summed E-state index contributed by atoms with van der Waals surface area (Å²) in [6.07, 6.45) is 1.34. The van der Waals surface area contributed by atoms with E-state index >= 15 is 0 Å². The number of carbonyl (C=O) groups is 3. The van der Waals surface area contributed by atoms with E-state index in [1.54, 1.807) is 13.8 Å². The zero-order chi connectivity index (χ0) is 15.1. The molecule has 0 saturated heterocycles. The van der Waals surface area contributed by atoms with E-state index < -0.39 is 24.1 Å². The molecule has 20 heavy (non-hydrogen) atoms. The molecule has 0 aromatic rings. The molecule has 0 aliphatic carbocycles. The molecule has 1 aliphatic rings. The Bertz CT molecular complexity index is 417. The molecule has 1 amide bonds. The Balaban J connectivity index is 2.91. The normalized spacial score (nSPS) is 18.1. The van der Waals surface area contributed by atoms with Gasteiger partial charge in [-0.25, -0.2) is 9.59 Å². The molecular formula is C13H19NO6. The van der Waals surface area contributed by atoms with E-state index in [4.69, 9.17) is 14.2 Å². The van der Waals surface area contributed by atoms with Crippen LogP contribution in [0.5, 0.6) is 0 Å². The summed E-state index contributed by atoms with van der Waals surface area (Å²) >= 11 is 0. The first-order chi connectivity index (χ1) is 9.49. The minimum atomic E-state index is -0.756. The van der Waals surface area contributed by atoms with E-state index in [0.717, 1.165) is 4.90 Å². The second-order valence-corrected chi connectivity index (χ2v) is 4.10. The molecule has 7 nitrogen and oxygen atoms in total. The van der Waals surface area contributed by atoms with Crippen molar-refractivity contribution in [2.24, 2.45) is 0 Å². The van der Waals surface area contributed by atoms with Crippen LogP contribution in [0.4, 0.5) is 4.79 Å². The van der Waals surface area contributed by atoms with E-state index in [2.05, 4.69) is 0 Å². The van der Waals surface area contributed by atoms with Crippen molar-refractivity contribution in [2.75, 3.05) is 13.2 Å². The largest absolute Gasteiger partial charge is 0.464 e. The van der Waals surface area contributed by atoms with Gasteiger partial charge >= 0.3 is 18.0 Å². The number of amides is 1. The summed E-state index contributed by atoms with van der Waals surface area (Å²) in [7, 11) is 0. The van der Waals surface area contributed by atoms with Crippen LogP contribution in [0.25, 0.3) is 0 Å². The fraction of sp³-hybridized carbons (Fsp3) is 0.615. The van der Waals surface area contributed by atoms with Gasteiger partial charge in [-0.15, -0.1) is 0 Å². The summed E-state index contributed by atoms with van der Waals surface area (Å²) in [6, 6.07) is -0.756. The quantitative estimate of drug-likeness (QED) is 0.576. The van der Waals surface area contributed by atoms with Gasteiger partial charge in [-0.3, -0.25) is 9.69 Å². The number of esters is 2. The van der Waals surface area contributed by atoms with E-state index in [-0.39, 0.29) is 13.2 Å². The third-order valence-electron chi connectivity index (χ3n) is 2.60. The van der Waals surface area contributed by atoms with Crippen LogP contribution in [0, 0.1) is 0 Å². The first kappa shape index (κ1) is 16.0. The van der Waals surface area contributed by atoms with Gasteiger partial charge in [0.25, 0.3) is 0 Å². The van der Waals surface area contributed by atoms with Gasteiger partial charge in [0.15, 0.2) is 0 Å². The highest BCUT2D eigenvalue weighted by Crippen LogP contribution is 2.23. The molecule has 0 spiro atoms. The van der Waals surface area contributed by atoms with Crippen LogP contribution in [0.1, 0.15) is 33.6 Å². The zero-order valence-corrected chi connectivity index (χ0v) is 11.9. The van der Waals surface area contributed by atoms with Crippen LogP contribution in [0.3, 0.4) is 0 Å². The number of rotatable bonds is 4. The highest BCUT2D eigenvalue weighted by atomic mass is 16.6. The lowest BCUT2D eigenvalue weighted by Crippen LogP contribution is -2.45. The van der Waals surface area contributed by atoms with Crippen molar-refractivity contribution in [1.29, 1.82) is 0 Å². The number of ether oxygens (including phenoxy) is 3. The Morgan fingerprint density at radius 1 is 1.25 bits per heavy atom. The van der Waals surface area contributed by atoms with Gasteiger partial charge in [-0.1, -0.05) is 0 Å². The highest BCUT2D eigenvalue weighted by Gasteiger charge is 2.34. The van der Waals surface area contributed by atoms with Crippen molar-refractivity contribution in [3.63, 3.8) is 0 Å². The average Bonchev–Trinajstić information content (AvgIpc) is 2.38. The standard InChI is InChI=1S/C13H19NO6/c1-4-18-12(16)11-7-6-10(20-9(3)15)8-14(11)13(17)19-5-2/h8,11H,4-7H2,1-3H3/t11-/m0/s1. The molecule has 0 fully saturated rings. The molecule has 0 bridgehead atoms. The summed E-state index contributed by atoms with van der Waals surface area (Å²) in [5, 5.41) is 0. The summed E-state index contributed by atoms with van der Waals surface area (Å²) in [4.78, 5) is 35.8. The van der Waals surface area contributed by atoms with E-state index in [1.807, 2.05) is 0 Å². The summed E-state index contributed by atoms with van der Waals surface area (Å²) in [6.45, 7) is 5.04. The zero-order valence-electron chi connectivity index (χ0n) is 11.9. The maximum absolute atomic E-state index is 11.9. The number of hydrogen-bond acceptors (Lipinski definition) is 6. The lowest BCUT2D eigenvalue weighted by atomic mass is 10.1. The smallest absolute Gasteiger partial charge is 0.414 e. The second-order valence-electron chi connectivity index (χ2n) is 4.10. The maximum Gasteiger partial charge on any atom is 0.414 e. The van der Waals surface area contributed by atoms with Gasteiger partial charge in [0, 0.05) is 19.5 Å². The molecule has 7 heteroatoms. The van der Waals surface area contributed by atoms with Crippen LogP contribution in [0.15, 0.2) is 12.0 Å². The van der Waals surface area contributed by atoms with Gasteiger partial charge < -0.3 is 14.2 Å². The third kappa shape index (κ3) is 4.25. The topological polar surface area (TPSA) is 82.1 Å². The van der Waals surface area contributed by atoms with E-state index in [1.165, 1.54) is 13.1 Å². The molecule has 1 rings (SSSR count). The Morgan fingerprint density at radius 3 is 2.45 bits per heavy atom.